The molecular weight excluding hydrogens is 238 g/mol. The van der Waals surface area contributed by atoms with Gasteiger partial charge in [0.05, 0.1) is 5.69 Å². The summed E-state index contributed by atoms with van der Waals surface area (Å²) in [5, 5.41) is 13.1. The summed E-state index contributed by atoms with van der Waals surface area (Å²) in [6.45, 7) is 0. The molecule has 0 aliphatic heterocycles. The third-order valence-electron chi connectivity index (χ3n) is 2.11. The van der Waals surface area contributed by atoms with E-state index in [1.54, 1.807) is 16.8 Å². The van der Waals surface area contributed by atoms with E-state index in [4.69, 9.17) is 5.11 Å². The predicted molar refractivity (Wildman–Crippen MR) is 64.0 cm³/mol. The minimum atomic E-state index is -1.01. The number of aromatic carboxylic acids is 1. The predicted octanol–water partition coefficient (Wildman–Crippen LogP) is 1.81. The summed E-state index contributed by atoms with van der Waals surface area (Å²) in [7, 11) is 1.86. The first kappa shape index (κ1) is 11.7. The van der Waals surface area contributed by atoms with E-state index < -0.39 is 5.97 Å². The van der Waals surface area contributed by atoms with E-state index in [1.807, 2.05) is 19.3 Å². The van der Waals surface area contributed by atoms with Crippen molar-refractivity contribution in [2.75, 3.05) is 0 Å². The number of carboxylic acid groups (broad SMARTS) is 1. The number of pyridine rings is 1. The van der Waals surface area contributed by atoms with Gasteiger partial charge < -0.3 is 5.11 Å². The molecule has 0 atom stereocenters. The zero-order valence-corrected chi connectivity index (χ0v) is 10.0. The zero-order chi connectivity index (χ0) is 12.3. The Morgan fingerprint density at radius 3 is 3.00 bits per heavy atom. The van der Waals surface area contributed by atoms with Crippen molar-refractivity contribution in [3.05, 3.63) is 42.0 Å². The van der Waals surface area contributed by atoms with Crippen LogP contribution in [0.25, 0.3) is 0 Å². The third kappa shape index (κ3) is 3.07. The van der Waals surface area contributed by atoms with Gasteiger partial charge in [-0.05, 0) is 18.2 Å². The molecule has 1 N–H and O–H groups in total. The minimum absolute atomic E-state index is 0.0658. The van der Waals surface area contributed by atoms with Crippen LogP contribution in [0.1, 0.15) is 16.2 Å². The van der Waals surface area contributed by atoms with Crippen LogP contribution in [0.2, 0.25) is 0 Å². The molecule has 0 saturated carbocycles. The van der Waals surface area contributed by atoms with Crippen molar-refractivity contribution in [3.8, 4) is 0 Å². The number of nitrogens with zero attached hydrogens (tertiary/aromatic N) is 3. The number of hydrogen-bond acceptors (Lipinski definition) is 4. The largest absolute Gasteiger partial charge is 0.477 e. The van der Waals surface area contributed by atoms with Crippen LogP contribution in [0.5, 0.6) is 0 Å². The third-order valence-corrected chi connectivity index (χ3v) is 3.13. The number of hydrogen-bond donors (Lipinski definition) is 1. The second-order valence-electron chi connectivity index (χ2n) is 3.45. The molecule has 0 saturated heterocycles. The lowest BCUT2D eigenvalue weighted by Crippen LogP contribution is -1.99. The second kappa shape index (κ2) is 5.01. The molecule has 5 nitrogen and oxygen atoms in total. The van der Waals surface area contributed by atoms with Gasteiger partial charge in [-0.2, -0.15) is 5.10 Å². The lowest BCUT2D eigenvalue weighted by molar-refractivity contribution is 0.0690. The van der Waals surface area contributed by atoms with Gasteiger partial charge in [-0.15, -0.1) is 11.8 Å². The molecule has 88 valence electrons. The highest BCUT2D eigenvalue weighted by Gasteiger charge is 2.06. The van der Waals surface area contributed by atoms with Crippen LogP contribution < -0.4 is 0 Å². The molecule has 0 aromatic carbocycles. The monoisotopic (exact) mass is 249 g/mol. The Morgan fingerprint density at radius 2 is 2.35 bits per heavy atom. The maximum Gasteiger partial charge on any atom is 0.354 e. The smallest absolute Gasteiger partial charge is 0.354 e. The van der Waals surface area contributed by atoms with Crippen LogP contribution in [0.3, 0.4) is 0 Å². The van der Waals surface area contributed by atoms with E-state index in [2.05, 4.69) is 10.1 Å². The average Bonchev–Trinajstić information content (AvgIpc) is 2.73. The SMILES string of the molecule is Cn1ccc(CSc2ccnc(C(=O)O)c2)n1. The number of aryl methyl sites for hydroxylation is 1. The van der Waals surface area contributed by atoms with E-state index in [-0.39, 0.29) is 5.69 Å². The first-order valence-corrected chi connectivity index (χ1v) is 5.94. The fourth-order valence-corrected chi connectivity index (χ4v) is 2.14. The van der Waals surface area contributed by atoms with Gasteiger partial charge in [-0.3, -0.25) is 4.68 Å². The van der Waals surface area contributed by atoms with Crippen molar-refractivity contribution in [2.45, 2.75) is 10.6 Å². The quantitative estimate of drug-likeness (QED) is 0.837. The topological polar surface area (TPSA) is 68.0 Å². The summed E-state index contributed by atoms with van der Waals surface area (Å²) in [6.07, 6.45) is 3.38. The van der Waals surface area contributed by atoms with Crippen LogP contribution >= 0.6 is 11.8 Å². The van der Waals surface area contributed by atoms with Gasteiger partial charge in [0, 0.05) is 30.1 Å². The van der Waals surface area contributed by atoms with Crippen LogP contribution in [0, 0.1) is 0 Å². The Bertz CT molecular complexity index is 539. The van der Waals surface area contributed by atoms with Gasteiger partial charge in [0.2, 0.25) is 0 Å². The molecule has 6 heteroatoms. The fourth-order valence-electron chi connectivity index (χ4n) is 1.32. The second-order valence-corrected chi connectivity index (χ2v) is 4.50. The summed E-state index contributed by atoms with van der Waals surface area (Å²) < 4.78 is 1.74. The van der Waals surface area contributed by atoms with E-state index in [0.717, 1.165) is 10.6 Å². The van der Waals surface area contributed by atoms with Crippen LogP contribution in [-0.2, 0) is 12.8 Å². The molecular formula is C11H11N3O2S. The normalized spacial score (nSPS) is 10.4. The summed E-state index contributed by atoms with van der Waals surface area (Å²) in [4.78, 5) is 15.4. The van der Waals surface area contributed by atoms with Crippen molar-refractivity contribution in [2.24, 2.45) is 7.05 Å². The number of carbonyl (C=O) groups is 1. The van der Waals surface area contributed by atoms with Gasteiger partial charge in [0.1, 0.15) is 5.69 Å². The number of thioether (sulfide) groups is 1. The molecule has 0 spiro atoms. The van der Waals surface area contributed by atoms with Crippen LogP contribution in [0.15, 0.2) is 35.5 Å². The Labute approximate surface area is 102 Å². The molecule has 0 fully saturated rings. The van der Waals surface area contributed by atoms with E-state index in [9.17, 15) is 4.79 Å². The van der Waals surface area contributed by atoms with Gasteiger partial charge in [0.15, 0.2) is 0 Å². The first-order valence-electron chi connectivity index (χ1n) is 4.96. The van der Waals surface area contributed by atoms with Gasteiger partial charge in [-0.1, -0.05) is 0 Å². The summed E-state index contributed by atoms with van der Waals surface area (Å²) in [5.41, 5.74) is 1.03. The summed E-state index contributed by atoms with van der Waals surface area (Å²) in [6, 6.07) is 5.29. The lowest BCUT2D eigenvalue weighted by atomic mass is 10.3. The van der Waals surface area contributed by atoms with E-state index in [1.165, 1.54) is 18.0 Å². The Morgan fingerprint density at radius 1 is 1.53 bits per heavy atom. The van der Waals surface area contributed by atoms with Gasteiger partial charge >= 0.3 is 5.97 Å². The van der Waals surface area contributed by atoms with Gasteiger partial charge in [0.25, 0.3) is 0 Å². The van der Waals surface area contributed by atoms with Crippen LogP contribution in [0.4, 0.5) is 0 Å². The lowest BCUT2D eigenvalue weighted by Gasteiger charge is -2.00. The van der Waals surface area contributed by atoms with E-state index in [0.29, 0.717) is 5.75 Å². The molecule has 2 rings (SSSR count). The molecule has 2 aromatic rings. The van der Waals surface area contributed by atoms with E-state index >= 15 is 0 Å². The standard InChI is InChI=1S/C11H11N3O2S/c1-14-5-3-8(13-14)7-17-9-2-4-12-10(6-9)11(15)16/h2-6H,7H2,1H3,(H,15,16). The number of carboxylic acids is 1. The van der Waals surface area contributed by atoms with Crippen molar-refractivity contribution in [1.82, 2.24) is 14.8 Å². The maximum absolute atomic E-state index is 10.7. The summed E-state index contributed by atoms with van der Waals surface area (Å²) in [5.74, 6) is -0.297. The molecule has 2 aromatic heterocycles. The Hall–Kier alpha value is -1.82. The highest BCUT2D eigenvalue weighted by molar-refractivity contribution is 7.98. The molecule has 2 heterocycles. The van der Waals surface area contributed by atoms with Crippen LogP contribution in [-0.4, -0.2) is 25.8 Å². The van der Waals surface area contributed by atoms with Crippen molar-refractivity contribution in [3.63, 3.8) is 0 Å². The molecule has 0 bridgehead atoms. The minimum Gasteiger partial charge on any atom is -0.477 e. The Balaban J connectivity index is 2.04. The molecule has 0 aliphatic rings. The molecule has 0 aliphatic carbocycles. The fraction of sp³-hybridized carbons (Fsp3) is 0.182. The highest BCUT2D eigenvalue weighted by atomic mass is 32.2. The molecule has 0 amide bonds. The number of rotatable bonds is 4. The Kier molecular flexibility index (Phi) is 3.43. The first-order chi connectivity index (χ1) is 8.15. The van der Waals surface area contributed by atoms with Crippen molar-refractivity contribution in [1.29, 1.82) is 0 Å². The summed E-state index contributed by atoms with van der Waals surface area (Å²) >= 11 is 1.54. The van der Waals surface area contributed by atoms with Gasteiger partial charge in [-0.25, -0.2) is 9.78 Å². The molecule has 17 heavy (non-hydrogen) atoms. The zero-order valence-electron chi connectivity index (χ0n) is 9.20. The average molecular weight is 249 g/mol. The number of aromatic nitrogens is 3. The van der Waals surface area contributed by atoms with Crippen molar-refractivity contribution < 1.29 is 9.90 Å². The molecule has 0 unspecified atom stereocenters. The molecule has 0 radical (unpaired) electrons. The highest BCUT2D eigenvalue weighted by Crippen LogP contribution is 2.21. The maximum atomic E-state index is 10.7. The van der Waals surface area contributed by atoms with Crippen molar-refractivity contribution >= 4 is 17.7 Å².